The van der Waals surface area contributed by atoms with Crippen molar-refractivity contribution in [3.05, 3.63) is 54.1 Å². The maximum Gasteiger partial charge on any atom is 0.265 e. The van der Waals surface area contributed by atoms with E-state index in [1.807, 2.05) is 0 Å². The quantitative estimate of drug-likeness (QED) is 0.665. The summed E-state index contributed by atoms with van der Waals surface area (Å²) in [4.78, 5) is 25.8. The zero-order chi connectivity index (χ0) is 23.4. The summed E-state index contributed by atoms with van der Waals surface area (Å²) in [5.41, 5.74) is 1.08. The molecule has 1 fully saturated rings. The molecule has 2 aliphatic rings. The Morgan fingerprint density at radius 2 is 1.85 bits per heavy atom. The molecule has 0 spiro atoms. The Bertz CT molecular complexity index is 1130. The monoisotopic (exact) mass is 473 g/mol. The van der Waals surface area contributed by atoms with Crippen LogP contribution in [0, 0.1) is 0 Å². The molecule has 2 aromatic rings. The minimum Gasteiger partial charge on any atom is -0.478 e. The van der Waals surface area contributed by atoms with Crippen molar-refractivity contribution in [2.45, 2.75) is 31.5 Å². The summed E-state index contributed by atoms with van der Waals surface area (Å²) >= 11 is 0. The van der Waals surface area contributed by atoms with Crippen LogP contribution in [0.5, 0.6) is 5.75 Å². The molecule has 4 rings (SSSR count). The summed E-state index contributed by atoms with van der Waals surface area (Å²) in [5, 5.41) is 5.64. The average Bonchev–Trinajstić information content (AvgIpc) is 3.22. The van der Waals surface area contributed by atoms with E-state index in [1.165, 1.54) is 4.31 Å². The smallest absolute Gasteiger partial charge is 0.265 e. The Balaban J connectivity index is 1.48. The van der Waals surface area contributed by atoms with Crippen LogP contribution < -0.4 is 19.7 Å². The van der Waals surface area contributed by atoms with E-state index in [-0.39, 0.29) is 25.0 Å². The normalized spacial score (nSPS) is 20.3. The lowest BCUT2D eigenvalue weighted by Gasteiger charge is -2.20. The van der Waals surface area contributed by atoms with Crippen molar-refractivity contribution in [2.24, 2.45) is 0 Å². The number of carbonyl (C=O) groups is 2. The van der Waals surface area contributed by atoms with Crippen LogP contribution >= 0.6 is 0 Å². The van der Waals surface area contributed by atoms with Gasteiger partial charge < -0.3 is 20.1 Å². The van der Waals surface area contributed by atoms with Crippen LogP contribution in [0.3, 0.4) is 0 Å². The van der Waals surface area contributed by atoms with Crippen molar-refractivity contribution in [1.82, 2.24) is 5.32 Å². The van der Waals surface area contributed by atoms with E-state index in [9.17, 15) is 18.0 Å². The van der Waals surface area contributed by atoms with Crippen molar-refractivity contribution in [3.8, 4) is 5.75 Å². The third-order valence-corrected chi connectivity index (χ3v) is 6.81. The molecule has 2 N–H and O–H groups in total. The summed E-state index contributed by atoms with van der Waals surface area (Å²) in [7, 11) is -3.54. The van der Waals surface area contributed by atoms with Crippen LogP contribution in [0.15, 0.2) is 48.5 Å². The van der Waals surface area contributed by atoms with Crippen LogP contribution in [0.4, 0.5) is 11.4 Å². The highest BCUT2D eigenvalue weighted by molar-refractivity contribution is 7.92. The second kappa shape index (κ2) is 9.80. The lowest BCUT2D eigenvalue weighted by atomic mass is 10.1. The van der Waals surface area contributed by atoms with Crippen LogP contribution in [0.2, 0.25) is 0 Å². The topological polar surface area (TPSA) is 114 Å². The van der Waals surface area contributed by atoms with Gasteiger partial charge in [0.2, 0.25) is 10.0 Å². The molecular weight excluding hydrogens is 446 g/mol. The first-order valence-electron chi connectivity index (χ1n) is 10.9. The summed E-state index contributed by atoms with van der Waals surface area (Å²) in [6.45, 7) is 1.21. The van der Waals surface area contributed by atoms with Gasteiger partial charge >= 0.3 is 0 Å². The molecule has 0 aliphatic carbocycles. The van der Waals surface area contributed by atoms with Gasteiger partial charge in [0.05, 0.1) is 29.3 Å². The van der Waals surface area contributed by atoms with E-state index in [1.54, 1.807) is 48.5 Å². The number of nitrogens with zero attached hydrogens (tertiary/aromatic N) is 1. The molecule has 33 heavy (non-hydrogen) atoms. The lowest BCUT2D eigenvalue weighted by Crippen LogP contribution is -2.37. The number of anilines is 2. The fourth-order valence-corrected chi connectivity index (χ4v) is 4.91. The van der Waals surface area contributed by atoms with Gasteiger partial charge in [0.25, 0.3) is 11.8 Å². The Hall–Kier alpha value is -3.11. The standard InChI is InChI=1S/C23H27N3O6S/c1-33(29,30)26-13-12-21(32-20-11-5-4-10-19(20)26)23(28)25-18-9-3-2-8-17(18)22(27)24-15-16-7-6-14-31-16/h2-5,8-11,16,21H,6-7,12-15H2,1H3,(H,24,27)(H,25,28). The lowest BCUT2D eigenvalue weighted by molar-refractivity contribution is -0.122. The fraction of sp³-hybridized carbons (Fsp3) is 0.391. The van der Waals surface area contributed by atoms with Gasteiger partial charge in [0.1, 0.15) is 5.75 Å². The van der Waals surface area contributed by atoms with E-state index in [2.05, 4.69) is 10.6 Å². The van der Waals surface area contributed by atoms with Crippen molar-refractivity contribution >= 4 is 33.2 Å². The van der Waals surface area contributed by atoms with E-state index in [4.69, 9.17) is 9.47 Å². The highest BCUT2D eigenvalue weighted by Crippen LogP contribution is 2.34. The molecule has 2 heterocycles. The number of benzene rings is 2. The maximum absolute atomic E-state index is 13.1. The van der Waals surface area contributed by atoms with Gasteiger partial charge in [-0.25, -0.2) is 8.42 Å². The minimum atomic E-state index is -3.54. The number of sulfonamides is 1. The van der Waals surface area contributed by atoms with Gasteiger partial charge in [0.15, 0.2) is 6.10 Å². The number of fused-ring (bicyclic) bond motifs is 1. The number of nitrogens with one attached hydrogen (secondary N) is 2. The third-order valence-electron chi connectivity index (χ3n) is 5.63. The molecular formula is C23H27N3O6S. The molecule has 0 saturated carbocycles. The predicted molar refractivity (Wildman–Crippen MR) is 124 cm³/mol. The summed E-state index contributed by atoms with van der Waals surface area (Å²) in [6.07, 6.45) is 2.24. The molecule has 176 valence electrons. The number of carbonyl (C=O) groups excluding carboxylic acids is 2. The molecule has 9 nitrogen and oxygen atoms in total. The van der Waals surface area contributed by atoms with Crippen molar-refractivity contribution in [3.63, 3.8) is 0 Å². The Morgan fingerprint density at radius 3 is 2.61 bits per heavy atom. The molecule has 0 bridgehead atoms. The molecule has 0 aromatic heterocycles. The highest BCUT2D eigenvalue weighted by atomic mass is 32.2. The van der Waals surface area contributed by atoms with Gasteiger partial charge in [-0.05, 0) is 37.1 Å². The second-order valence-electron chi connectivity index (χ2n) is 8.08. The highest BCUT2D eigenvalue weighted by Gasteiger charge is 2.31. The first-order chi connectivity index (χ1) is 15.8. The van der Waals surface area contributed by atoms with Crippen molar-refractivity contribution in [2.75, 3.05) is 35.6 Å². The van der Waals surface area contributed by atoms with E-state index < -0.39 is 22.0 Å². The Kier molecular flexibility index (Phi) is 6.85. The fourth-order valence-electron chi connectivity index (χ4n) is 3.97. The van der Waals surface area contributed by atoms with Crippen LogP contribution in [0.1, 0.15) is 29.6 Å². The van der Waals surface area contributed by atoms with Gasteiger partial charge in [-0.1, -0.05) is 24.3 Å². The molecule has 2 aromatic carbocycles. The van der Waals surface area contributed by atoms with Crippen LogP contribution in [-0.4, -0.2) is 58.4 Å². The molecule has 10 heteroatoms. The second-order valence-corrected chi connectivity index (χ2v) is 9.98. The number of rotatable bonds is 6. The van der Waals surface area contributed by atoms with E-state index in [0.29, 0.717) is 35.8 Å². The Morgan fingerprint density at radius 1 is 1.09 bits per heavy atom. The van der Waals surface area contributed by atoms with Crippen molar-refractivity contribution < 1.29 is 27.5 Å². The SMILES string of the molecule is CS(=O)(=O)N1CCC(C(=O)Nc2ccccc2C(=O)NCC2CCCO2)Oc2ccccc21. The first kappa shape index (κ1) is 23.1. The number of para-hydroxylation sites is 3. The minimum absolute atomic E-state index is 0.00736. The third kappa shape index (κ3) is 5.45. The summed E-state index contributed by atoms with van der Waals surface area (Å²) < 4.78 is 37.2. The zero-order valence-corrected chi connectivity index (χ0v) is 19.1. The van der Waals surface area contributed by atoms with Gasteiger partial charge in [0, 0.05) is 26.1 Å². The number of ether oxygens (including phenoxy) is 2. The number of hydrogen-bond donors (Lipinski definition) is 2. The molecule has 2 amide bonds. The largest absolute Gasteiger partial charge is 0.478 e. The molecule has 1 saturated heterocycles. The van der Waals surface area contributed by atoms with Crippen LogP contribution in [-0.2, 0) is 19.6 Å². The van der Waals surface area contributed by atoms with E-state index in [0.717, 1.165) is 19.1 Å². The summed E-state index contributed by atoms with van der Waals surface area (Å²) in [5.74, 6) is -0.459. The Labute approximate surface area is 193 Å². The average molecular weight is 474 g/mol. The number of amides is 2. The summed E-state index contributed by atoms with van der Waals surface area (Å²) in [6, 6.07) is 13.4. The molecule has 2 aliphatic heterocycles. The van der Waals surface area contributed by atoms with E-state index >= 15 is 0 Å². The molecule has 2 atom stereocenters. The first-order valence-corrected chi connectivity index (χ1v) is 12.7. The van der Waals surface area contributed by atoms with Gasteiger partial charge in [-0.2, -0.15) is 0 Å². The predicted octanol–water partition coefficient (Wildman–Crippen LogP) is 2.15. The number of hydrogen-bond acceptors (Lipinski definition) is 6. The molecule has 0 radical (unpaired) electrons. The van der Waals surface area contributed by atoms with Gasteiger partial charge in [-0.3, -0.25) is 13.9 Å². The van der Waals surface area contributed by atoms with Crippen LogP contribution in [0.25, 0.3) is 0 Å². The zero-order valence-electron chi connectivity index (χ0n) is 18.3. The molecule has 2 unspecified atom stereocenters. The van der Waals surface area contributed by atoms with Crippen molar-refractivity contribution in [1.29, 1.82) is 0 Å². The van der Waals surface area contributed by atoms with Gasteiger partial charge in [-0.15, -0.1) is 0 Å². The maximum atomic E-state index is 13.1.